The fraction of sp³-hybridized carbons (Fsp3) is 0.467. The minimum atomic E-state index is -1.88. The fourth-order valence-electron chi connectivity index (χ4n) is 10.0. The van der Waals surface area contributed by atoms with E-state index in [0.29, 0.717) is 36.8 Å². The molecule has 296 valence electrons. The number of amides is 1. The van der Waals surface area contributed by atoms with Crippen LogP contribution in [0.15, 0.2) is 102 Å². The molecule has 11 heteroatoms. The summed E-state index contributed by atoms with van der Waals surface area (Å²) in [5, 5.41) is 28.0. The number of esters is 3. The van der Waals surface area contributed by atoms with Gasteiger partial charge in [0, 0.05) is 30.2 Å². The van der Waals surface area contributed by atoms with Crippen molar-refractivity contribution in [3.8, 4) is 0 Å². The third-order valence-electron chi connectivity index (χ3n) is 13.2. The van der Waals surface area contributed by atoms with Gasteiger partial charge in [0.15, 0.2) is 11.7 Å². The molecule has 11 nitrogen and oxygen atoms in total. The summed E-state index contributed by atoms with van der Waals surface area (Å²) in [6, 6.07) is 24.5. The molecule has 1 amide bonds. The summed E-state index contributed by atoms with van der Waals surface area (Å²) in [4.78, 5) is 54.4. The lowest BCUT2D eigenvalue weighted by Gasteiger charge is -2.66. The Bertz CT molecular complexity index is 2000. The third-order valence-corrected chi connectivity index (χ3v) is 13.2. The summed E-state index contributed by atoms with van der Waals surface area (Å²) in [6.45, 7) is 9.22. The zero-order valence-electron chi connectivity index (χ0n) is 32.5. The number of nitrogens with one attached hydrogen (secondary N) is 1. The molecule has 0 radical (unpaired) electrons. The molecule has 9 atom stereocenters. The van der Waals surface area contributed by atoms with E-state index in [1.165, 1.54) is 6.92 Å². The average Bonchev–Trinajstić information content (AvgIpc) is 3.17. The number of aliphatic hydroxyl groups excluding tert-OH is 1. The Morgan fingerprint density at radius 3 is 2.05 bits per heavy atom. The van der Waals surface area contributed by atoms with Crippen molar-refractivity contribution in [2.75, 3.05) is 6.61 Å². The fourth-order valence-corrected chi connectivity index (χ4v) is 10.0. The van der Waals surface area contributed by atoms with Gasteiger partial charge in [-0.25, -0.2) is 9.59 Å². The number of hydrogen-bond donors (Lipinski definition) is 3. The second kappa shape index (κ2) is 14.9. The van der Waals surface area contributed by atoms with Gasteiger partial charge in [-0.1, -0.05) is 93.1 Å². The van der Waals surface area contributed by atoms with E-state index in [-0.39, 0.29) is 18.6 Å². The van der Waals surface area contributed by atoms with Gasteiger partial charge in [-0.3, -0.25) is 9.59 Å². The Balaban J connectivity index is 1.28. The third kappa shape index (κ3) is 6.73. The molecule has 1 heterocycles. The second-order valence-corrected chi connectivity index (χ2v) is 16.7. The first kappa shape index (κ1) is 39.4. The van der Waals surface area contributed by atoms with E-state index in [4.69, 9.17) is 18.9 Å². The Hall–Kier alpha value is -4.84. The SMILES string of the molecule is CC(=O)O[C@@]12CO[C@@H]1CC[C@@]1(C)CCC3=C(C)[C@@H](OC(=O)[C@H](O)[C@@H](NC(=O)c4ccccc4)c4ccccc4)C[C@@](O)([C@@H](OC(=O)c4ccccc4)[C@@H]12)C3(C)C. The Morgan fingerprint density at radius 1 is 0.857 bits per heavy atom. The number of aliphatic hydroxyl groups is 2. The Kier molecular flexibility index (Phi) is 10.5. The van der Waals surface area contributed by atoms with Crippen LogP contribution >= 0.6 is 0 Å². The van der Waals surface area contributed by atoms with Crippen molar-refractivity contribution in [2.45, 2.75) is 108 Å². The van der Waals surface area contributed by atoms with Crippen molar-refractivity contribution in [3.05, 3.63) is 119 Å². The first-order valence-electron chi connectivity index (χ1n) is 19.4. The molecule has 56 heavy (non-hydrogen) atoms. The molecule has 0 unspecified atom stereocenters. The van der Waals surface area contributed by atoms with Crippen LogP contribution in [-0.2, 0) is 28.5 Å². The van der Waals surface area contributed by atoms with Crippen molar-refractivity contribution in [1.29, 1.82) is 0 Å². The van der Waals surface area contributed by atoms with E-state index < -0.39 is 82.2 Å². The Labute approximate surface area is 327 Å². The lowest BCUT2D eigenvalue weighted by atomic mass is 9.46. The number of ether oxygens (including phenoxy) is 4. The summed E-state index contributed by atoms with van der Waals surface area (Å²) in [5.74, 6) is -3.34. The van der Waals surface area contributed by atoms with Gasteiger partial charge in [-0.15, -0.1) is 0 Å². The van der Waals surface area contributed by atoms with E-state index in [9.17, 15) is 29.4 Å². The van der Waals surface area contributed by atoms with Gasteiger partial charge in [0.2, 0.25) is 0 Å². The molecule has 3 aromatic carbocycles. The largest absolute Gasteiger partial charge is 0.456 e. The molecular formula is C45H51NO10. The predicted molar refractivity (Wildman–Crippen MR) is 205 cm³/mol. The first-order chi connectivity index (χ1) is 26.6. The number of hydrogen-bond acceptors (Lipinski definition) is 10. The van der Waals surface area contributed by atoms with Gasteiger partial charge in [0.05, 0.1) is 18.2 Å². The molecule has 7 rings (SSSR count). The van der Waals surface area contributed by atoms with E-state index >= 15 is 0 Å². The highest BCUT2D eigenvalue weighted by Crippen LogP contribution is 2.65. The summed E-state index contributed by atoms with van der Waals surface area (Å²) in [7, 11) is 0. The standard InChI is InChI=1S/C45H51NO10/c1-27-32-21-23-43(5)24-22-34-44(26-53-34,56-28(2)47)37(43)38(55-40(50)31-19-13-8-14-20-31)45(52,42(32,3)4)25-33(27)54-41(51)36(48)35(29-15-9-6-10-16-29)46-39(49)30-17-11-7-12-18-30/h6-20,33-38,48,52H,21-26H2,1-5H3,(H,46,49)/t33-,34+,35-,36+,37-,38-,43+,44-,45+/m0/s1. The molecule has 3 aliphatic carbocycles. The maximum atomic E-state index is 14.1. The van der Waals surface area contributed by atoms with E-state index in [0.717, 1.165) is 11.1 Å². The summed E-state index contributed by atoms with van der Waals surface area (Å²) < 4.78 is 25.0. The highest BCUT2D eigenvalue weighted by Gasteiger charge is 2.73. The van der Waals surface area contributed by atoms with Crippen LogP contribution in [0.2, 0.25) is 0 Å². The van der Waals surface area contributed by atoms with Gasteiger partial charge < -0.3 is 34.5 Å². The van der Waals surface area contributed by atoms with Crippen LogP contribution in [0.3, 0.4) is 0 Å². The maximum Gasteiger partial charge on any atom is 0.338 e. The second-order valence-electron chi connectivity index (χ2n) is 16.7. The molecule has 3 aromatic rings. The predicted octanol–water partition coefficient (Wildman–Crippen LogP) is 6.04. The van der Waals surface area contributed by atoms with Crippen molar-refractivity contribution in [1.82, 2.24) is 5.32 Å². The average molecular weight is 766 g/mol. The van der Waals surface area contributed by atoms with Crippen molar-refractivity contribution in [2.24, 2.45) is 16.7 Å². The zero-order valence-corrected chi connectivity index (χ0v) is 32.5. The molecule has 2 bridgehead atoms. The molecule has 3 fully saturated rings. The smallest absolute Gasteiger partial charge is 0.338 e. The van der Waals surface area contributed by atoms with Gasteiger partial charge in [0.1, 0.15) is 23.9 Å². The van der Waals surface area contributed by atoms with E-state index in [1.54, 1.807) is 91.0 Å². The molecule has 0 aromatic heterocycles. The van der Waals surface area contributed by atoms with Gasteiger partial charge >= 0.3 is 17.9 Å². The topological polar surface area (TPSA) is 158 Å². The minimum absolute atomic E-state index is 0.0787. The highest BCUT2D eigenvalue weighted by atomic mass is 16.6. The molecule has 4 aliphatic rings. The van der Waals surface area contributed by atoms with Crippen LogP contribution in [0, 0.1) is 16.7 Å². The molecule has 0 spiro atoms. The summed E-state index contributed by atoms with van der Waals surface area (Å²) >= 11 is 0. The van der Waals surface area contributed by atoms with E-state index in [2.05, 4.69) is 12.2 Å². The lowest BCUT2D eigenvalue weighted by Crippen LogP contribution is -2.77. The molecule has 2 saturated carbocycles. The van der Waals surface area contributed by atoms with Crippen LogP contribution in [0.1, 0.15) is 99.0 Å². The molecule has 1 saturated heterocycles. The number of carbonyl (C=O) groups excluding carboxylic acids is 4. The van der Waals surface area contributed by atoms with Crippen LogP contribution in [0.25, 0.3) is 0 Å². The van der Waals surface area contributed by atoms with Crippen molar-refractivity contribution < 1.29 is 48.3 Å². The quantitative estimate of drug-likeness (QED) is 0.133. The van der Waals surface area contributed by atoms with Crippen LogP contribution < -0.4 is 5.32 Å². The van der Waals surface area contributed by atoms with Gasteiger partial charge in [0.25, 0.3) is 5.91 Å². The summed E-state index contributed by atoms with van der Waals surface area (Å²) in [6.07, 6.45) is -2.36. The molecule has 1 aliphatic heterocycles. The normalized spacial score (nSPS) is 31.4. The number of fused-ring (bicyclic) bond motifs is 5. The van der Waals surface area contributed by atoms with Gasteiger partial charge in [-0.05, 0) is 73.4 Å². The van der Waals surface area contributed by atoms with Crippen LogP contribution in [0.4, 0.5) is 0 Å². The van der Waals surface area contributed by atoms with Crippen molar-refractivity contribution >= 4 is 23.8 Å². The number of carbonyl (C=O) groups is 4. The van der Waals surface area contributed by atoms with Crippen LogP contribution in [0.5, 0.6) is 0 Å². The van der Waals surface area contributed by atoms with Gasteiger partial charge in [-0.2, -0.15) is 0 Å². The maximum absolute atomic E-state index is 14.1. The Morgan fingerprint density at radius 2 is 1.46 bits per heavy atom. The lowest BCUT2D eigenvalue weighted by molar-refractivity contribution is -0.336. The van der Waals surface area contributed by atoms with E-state index in [1.807, 2.05) is 20.8 Å². The van der Waals surface area contributed by atoms with Crippen molar-refractivity contribution in [3.63, 3.8) is 0 Å². The first-order valence-corrected chi connectivity index (χ1v) is 19.4. The monoisotopic (exact) mass is 765 g/mol. The zero-order chi connectivity index (χ0) is 40.0. The molecule has 3 N–H and O–H groups in total. The summed E-state index contributed by atoms with van der Waals surface area (Å²) in [5.41, 5.74) is -1.93. The highest BCUT2D eigenvalue weighted by molar-refractivity contribution is 5.95. The number of benzene rings is 3. The number of rotatable bonds is 9. The van der Waals surface area contributed by atoms with Crippen LogP contribution in [-0.4, -0.2) is 76.3 Å². The molecular weight excluding hydrogens is 714 g/mol. The minimum Gasteiger partial charge on any atom is -0.456 e.